The average Bonchev–Trinajstić information content (AvgIpc) is 2.73. The molecule has 1 saturated carbocycles. The van der Waals surface area contributed by atoms with Crippen LogP contribution in [-0.2, 0) is 16.0 Å². The number of benzene rings is 2. The zero-order chi connectivity index (χ0) is 19.8. The number of aryl methyl sites for hydroxylation is 1. The lowest BCUT2D eigenvalue weighted by Gasteiger charge is -2.21. The normalized spacial score (nSPS) is 14.3. The molecule has 0 aromatic heterocycles. The van der Waals surface area contributed by atoms with Gasteiger partial charge in [-0.3, -0.25) is 4.79 Å². The Kier molecular flexibility index (Phi) is 7.06. The molecule has 0 aliphatic heterocycles. The fourth-order valence-corrected chi connectivity index (χ4v) is 3.29. The predicted molar refractivity (Wildman–Crippen MR) is 109 cm³/mol. The molecule has 1 amide bonds. The van der Waals surface area contributed by atoms with Gasteiger partial charge in [0.2, 0.25) is 0 Å². The predicted octanol–water partition coefficient (Wildman–Crippen LogP) is 4.76. The van der Waals surface area contributed by atoms with E-state index in [2.05, 4.69) is 12.2 Å². The first kappa shape index (κ1) is 19.9. The Balaban J connectivity index is 1.47. The Morgan fingerprint density at radius 3 is 2.50 bits per heavy atom. The van der Waals surface area contributed by atoms with Crippen molar-refractivity contribution in [2.45, 2.75) is 51.6 Å². The summed E-state index contributed by atoms with van der Waals surface area (Å²) in [4.78, 5) is 24.3. The van der Waals surface area contributed by atoms with E-state index in [9.17, 15) is 9.59 Å². The van der Waals surface area contributed by atoms with Gasteiger partial charge in [-0.15, -0.1) is 0 Å². The number of amides is 1. The third-order valence-corrected chi connectivity index (χ3v) is 4.91. The molecule has 1 N–H and O–H groups in total. The Hall–Kier alpha value is -2.82. The minimum Gasteiger partial charge on any atom is -0.484 e. The second-order valence-corrected chi connectivity index (χ2v) is 7.08. The second kappa shape index (κ2) is 9.93. The number of ether oxygens (including phenoxy) is 2. The number of hydrogen-bond acceptors (Lipinski definition) is 4. The van der Waals surface area contributed by atoms with E-state index in [-0.39, 0.29) is 24.6 Å². The van der Waals surface area contributed by atoms with Crippen molar-refractivity contribution in [3.05, 3.63) is 59.7 Å². The van der Waals surface area contributed by atoms with Gasteiger partial charge < -0.3 is 14.8 Å². The second-order valence-electron chi connectivity index (χ2n) is 7.08. The van der Waals surface area contributed by atoms with Crippen LogP contribution in [0.3, 0.4) is 0 Å². The van der Waals surface area contributed by atoms with Crippen molar-refractivity contribution in [3.8, 4) is 5.75 Å². The van der Waals surface area contributed by atoms with Crippen LogP contribution in [0.25, 0.3) is 0 Å². The summed E-state index contributed by atoms with van der Waals surface area (Å²) in [5, 5.41) is 2.77. The Morgan fingerprint density at radius 1 is 1.04 bits per heavy atom. The summed E-state index contributed by atoms with van der Waals surface area (Å²) in [6.07, 6.45) is 6.29. The Bertz CT molecular complexity index is 795. The summed E-state index contributed by atoms with van der Waals surface area (Å²) in [6, 6.07) is 14.4. The van der Waals surface area contributed by atoms with Crippen LogP contribution in [0.2, 0.25) is 0 Å². The van der Waals surface area contributed by atoms with E-state index in [0.29, 0.717) is 17.0 Å². The van der Waals surface area contributed by atoms with Gasteiger partial charge in [-0.2, -0.15) is 0 Å². The maximum absolute atomic E-state index is 12.2. The standard InChI is InChI=1S/C23H27NO4/c1-2-17-7-6-10-21(15-17)27-16-22(25)24-19-13-11-18(12-14-19)23(26)28-20-8-4-3-5-9-20/h6-7,10-15,20H,2-5,8-9,16H2,1H3,(H,24,25). The summed E-state index contributed by atoms with van der Waals surface area (Å²) in [5.41, 5.74) is 2.27. The number of hydrogen-bond donors (Lipinski definition) is 1. The van der Waals surface area contributed by atoms with Crippen molar-refractivity contribution in [3.63, 3.8) is 0 Å². The van der Waals surface area contributed by atoms with E-state index < -0.39 is 0 Å². The van der Waals surface area contributed by atoms with Gasteiger partial charge in [0.05, 0.1) is 5.56 Å². The quantitative estimate of drug-likeness (QED) is 0.703. The third-order valence-electron chi connectivity index (χ3n) is 4.91. The van der Waals surface area contributed by atoms with Gasteiger partial charge in [0, 0.05) is 5.69 Å². The van der Waals surface area contributed by atoms with Crippen molar-refractivity contribution in [2.24, 2.45) is 0 Å². The molecule has 0 heterocycles. The lowest BCUT2D eigenvalue weighted by Crippen LogP contribution is -2.21. The van der Waals surface area contributed by atoms with Crippen LogP contribution < -0.4 is 10.1 Å². The molecule has 2 aromatic rings. The molecule has 148 valence electrons. The lowest BCUT2D eigenvalue weighted by atomic mass is 9.98. The van der Waals surface area contributed by atoms with Gasteiger partial charge >= 0.3 is 5.97 Å². The van der Waals surface area contributed by atoms with Crippen LogP contribution in [0.5, 0.6) is 5.75 Å². The van der Waals surface area contributed by atoms with Gasteiger partial charge in [0.15, 0.2) is 6.61 Å². The van der Waals surface area contributed by atoms with Crippen molar-refractivity contribution in [2.75, 3.05) is 11.9 Å². The molecule has 0 bridgehead atoms. The molecule has 0 spiro atoms. The molecule has 0 radical (unpaired) electrons. The molecular formula is C23H27NO4. The van der Waals surface area contributed by atoms with Crippen LogP contribution >= 0.6 is 0 Å². The smallest absolute Gasteiger partial charge is 0.338 e. The first-order valence-corrected chi connectivity index (χ1v) is 9.96. The molecule has 1 aliphatic rings. The minimum absolute atomic E-state index is 0.0315. The SMILES string of the molecule is CCc1cccc(OCC(=O)Nc2ccc(C(=O)OC3CCCCC3)cc2)c1. The van der Waals surface area contributed by atoms with Gasteiger partial charge in [0.25, 0.3) is 5.91 Å². The molecule has 28 heavy (non-hydrogen) atoms. The highest BCUT2D eigenvalue weighted by atomic mass is 16.5. The van der Waals surface area contributed by atoms with Crippen LogP contribution in [-0.4, -0.2) is 24.6 Å². The highest BCUT2D eigenvalue weighted by molar-refractivity contribution is 5.93. The largest absolute Gasteiger partial charge is 0.484 e. The molecule has 0 atom stereocenters. The first-order valence-electron chi connectivity index (χ1n) is 9.96. The lowest BCUT2D eigenvalue weighted by molar-refractivity contribution is -0.118. The zero-order valence-electron chi connectivity index (χ0n) is 16.3. The topological polar surface area (TPSA) is 64.6 Å². The number of carbonyl (C=O) groups is 2. The van der Waals surface area contributed by atoms with Crippen molar-refractivity contribution >= 4 is 17.6 Å². The van der Waals surface area contributed by atoms with Gasteiger partial charge in [-0.05, 0) is 74.1 Å². The summed E-state index contributed by atoms with van der Waals surface area (Å²) < 4.78 is 11.1. The summed E-state index contributed by atoms with van der Waals surface area (Å²) in [5.74, 6) is 0.124. The Labute approximate surface area is 166 Å². The number of esters is 1. The van der Waals surface area contributed by atoms with Crippen LogP contribution in [0.1, 0.15) is 54.9 Å². The molecule has 1 aliphatic carbocycles. The molecule has 5 heteroatoms. The number of carbonyl (C=O) groups excluding carboxylic acids is 2. The minimum atomic E-state index is -0.302. The summed E-state index contributed by atoms with van der Waals surface area (Å²) in [6.45, 7) is 2.00. The maximum atomic E-state index is 12.2. The first-order chi connectivity index (χ1) is 13.6. The number of anilines is 1. The number of rotatable bonds is 7. The van der Waals surface area contributed by atoms with Gasteiger partial charge in [-0.1, -0.05) is 25.5 Å². The molecule has 2 aromatic carbocycles. The van der Waals surface area contributed by atoms with Crippen LogP contribution in [0.15, 0.2) is 48.5 Å². The van der Waals surface area contributed by atoms with E-state index in [1.54, 1.807) is 24.3 Å². The van der Waals surface area contributed by atoms with E-state index in [4.69, 9.17) is 9.47 Å². The fraction of sp³-hybridized carbons (Fsp3) is 0.391. The Morgan fingerprint density at radius 2 is 1.79 bits per heavy atom. The summed E-state index contributed by atoms with van der Waals surface area (Å²) in [7, 11) is 0. The van der Waals surface area contributed by atoms with Crippen molar-refractivity contribution in [1.82, 2.24) is 0 Å². The zero-order valence-corrected chi connectivity index (χ0v) is 16.3. The highest BCUT2D eigenvalue weighted by Crippen LogP contribution is 2.22. The van der Waals surface area contributed by atoms with Crippen molar-refractivity contribution in [1.29, 1.82) is 0 Å². The molecule has 0 saturated heterocycles. The molecule has 3 rings (SSSR count). The number of nitrogens with one attached hydrogen (secondary N) is 1. The third kappa shape index (κ3) is 5.84. The van der Waals surface area contributed by atoms with Gasteiger partial charge in [-0.25, -0.2) is 4.79 Å². The van der Waals surface area contributed by atoms with Crippen LogP contribution in [0, 0.1) is 0 Å². The molecule has 0 unspecified atom stereocenters. The molecule has 1 fully saturated rings. The fourth-order valence-electron chi connectivity index (χ4n) is 3.29. The highest BCUT2D eigenvalue weighted by Gasteiger charge is 2.18. The van der Waals surface area contributed by atoms with Crippen molar-refractivity contribution < 1.29 is 19.1 Å². The van der Waals surface area contributed by atoms with Gasteiger partial charge in [0.1, 0.15) is 11.9 Å². The average molecular weight is 381 g/mol. The molecule has 5 nitrogen and oxygen atoms in total. The van der Waals surface area contributed by atoms with Crippen LogP contribution in [0.4, 0.5) is 5.69 Å². The molecular weight excluding hydrogens is 354 g/mol. The van der Waals surface area contributed by atoms with E-state index in [1.165, 1.54) is 6.42 Å². The maximum Gasteiger partial charge on any atom is 0.338 e. The van der Waals surface area contributed by atoms with E-state index in [1.807, 2.05) is 24.3 Å². The van der Waals surface area contributed by atoms with E-state index in [0.717, 1.165) is 37.7 Å². The summed E-state index contributed by atoms with van der Waals surface area (Å²) >= 11 is 0. The van der Waals surface area contributed by atoms with E-state index >= 15 is 0 Å². The monoisotopic (exact) mass is 381 g/mol.